The Morgan fingerprint density at radius 2 is 2.00 bits per heavy atom. The molecule has 0 radical (unpaired) electrons. The van der Waals surface area contributed by atoms with Crippen LogP contribution in [-0.2, 0) is 6.18 Å². The average Bonchev–Trinajstić information content (AvgIpc) is 2.33. The SMILES string of the molecule is O=C(NC/C=C/CCl)c1cccc(C(F)(F)F)c1F. The van der Waals surface area contributed by atoms with E-state index in [1.54, 1.807) is 6.08 Å². The van der Waals surface area contributed by atoms with Crippen molar-refractivity contribution in [3.63, 3.8) is 0 Å². The van der Waals surface area contributed by atoms with Crippen molar-refractivity contribution in [1.82, 2.24) is 5.32 Å². The Bertz CT molecular complexity index is 485. The van der Waals surface area contributed by atoms with E-state index in [1.807, 2.05) is 0 Å². The molecule has 0 aliphatic rings. The van der Waals surface area contributed by atoms with Gasteiger partial charge in [0.2, 0.25) is 0 Å². The van der Waals surface area contributed by atoms with Gasteiger partial charge in [-0.25, -0.2) is 4.39 Å². The summed E-state index contributed by atoms with van der Waals surface area (Å²) in [6.07, 6.45) is -1.78. The second-order valence-electron chi connectivity index (χ2n) is 3.50. The van der Waals surface area contributed by atoms with E-state index in [1.165, 1.54) is 6.08 Å². The summed E-state index contributed by atoms with van der Waals surface area (Å²) < 4.78 is 50.9. The largest absolute Gasteiger partial charge is 0.419 e. The van der Waals surface area contributed by atoms with Crippen LogP contribution in [0.15, 0.2) is 30.4 Å². The first kappa shape index (κ1) is 15.5. The molecular weight excluding hydrogens is 286 g/mol. The van der Waals surface area contributed by atoms with Gasteiger partial charge in [-0.05, 0) is 12.1 Å². The predicted octanol–water partition coefficient (Wildman–Crippen LogP) is 3.37. The molecule has 1 rings (SSSR count). The van der Waals surface area contributed by atoms with Gasteiger partial charge < -0.3 is 5.32 Å². The van der Waals surface area contributed by atoms with Crippen molar-refractivity contribution >= 4 is 17.5 Å². The maximum atomic E-state index is 13.6. The lowest BCUT2D eigenvalue weighted by Gasteiger charge is -2.10. The highest BCUT2D eigenvalue weighted by Gasteiger charge is 2.35. The fraction of sp³-hybridized carbons (Fsp3) is 0.250. The third-order valence-corrected chi connectivity index (χ3v) is 2.36. The van der Waals surface area contributed by atoms with E-state index < -0.39 is 29.0 Å². The second kappa shape index (κ2) is 6.56. The highest BCUT2D eigenvalue weighted by Crippen LogP contribution is 2.32. The Morgan fingerprint density at radius 3 is 2.58 bits per heavy atom. The number of alkyl halides is 4. The summed E-state index contributed by atoms with van der Waals surface area (Å²) in [6.45, 7) is 0.0568. The van der Waals surface area contributed by atoms with Crippen LogP contribution >= 0.6 is 11.6 Å². The highest BCUT2D eigenvalue weighted by molar-refractivity contribution is 6.18. The van der Waals surface area contributed by atoms with Gasteiger partial charge in [0.05, 0.1) is 11.1 Å². The standard InChI is InChI=1S/C12H10ClF4NO/c13-6-1-2-7-18-11(19)8-4-3-5-9(10(8)14)12(15,16)17/h1-5H,6-7H2,(H,18,19)/b2-1+. The molecule has 19 heavy (non-hydrogen) atoms. The number of hydrogen-bond acceptors (Lipinski definition) is 1. The summed E-state index contributed by atoms with van der Waals surface area (Å²) >= 11 is 5.35. The lowest BCUT2D eigenvalue weighted by atomic mass is 10.1. The van der Waals surface area contributed by atoms with Crippen molar-refractivity contribution in [2.75, 3.05) is 12.4 Å². The van der Waals surface area contributed by atoms with Crippen LogP contribution < -0.4 is 5.32 Å². The lowest BCUT2D eigenvalue weighted by Crippen LogP contribution is -2.25. The Hall–Kier alpha value is -1.56. The molecule has 0 atom stereocenters. The first-order chi connectivity index (χ1) is 8.88. The Kier molecular flexibility index (Phi) is 5.35. The van der Waals surface area contributed by atoms with E-state index in [0.717, 1.165) is 12.1 Å². The predicted molar refractivity (Wildman–Crippen MR) is 63.6 cm³/mol. The second-order valence-corrected chi connectivity index (χ2v) is 3.81. The number of amides is 1. The van der Waals surface area contributed by atoms with Crippen LogP contribution in [-0.4, -0.2) is 18.3 Å². The van der Waals surface area contributed by atoms with E-state index in [0.29, 0.717) is 6.07 Å². The molecule has 104 valence electrons. The molecular formula is C12H10ClF4NO. The number of hydrogen-bond donors (Lipinski definition) is 1. The molecule has 0 unspecified atom stereocenters. The van der Waals surface area contributed by atoms with Crippen molar-refractivity contribution < 1.29 is 22.4 Å². The number of allylic oxidation sites excluding steroid dienone is 1. The summed E-state index contributed by atoms with van der Waals surface area (Å²) in [5.74, 6) is -2.25. The van der Waals surface area contributed by atoms with Crippen LogP contribution in [0.1, 0.15) is 15.9 Å². The molecule has 7 heteroatoms. The van der Waals surface area contributed by atoms with E-state index in [4.69, 9.17) is 11.6 Å². The van der Waals surface area contributed by atoms with Gasteiger partial charge in [-0.2, -0.15) is 13.2 Å². The number of carbonyl (C=O) groups is 1. The summed E-state index contributed by atoms with van der Waals surface area (Å²) in [7, 11) is 0. The Balaban J connectivity index is 2.90. The van der Waals surface area contributed by atoms with Crippen LogP contribution in [0.2, 0.25) is 0 Å². The summed E-state index contributed by atoms with van der Waals surface area (Å²) in [4.78, 5) is 11.5. The summed E-state index contributed by atoms with van der Waals surface area (Å²) in [6, 6.07) is 2.56. The van der Waals surface area contributed by atoms with Crippen LogP contribution in [0.4, 0.5) is 17.6 Å². The van der Waals surface area contributed by atoms with Crippen molar-refractivity contribution in [2.24, 2.45) is 0 Å². The van der Waals surface area contributed by atoms with Crippen LogP contribution in [0, 0.1) is 5.82 Å². The molecule has 0 aromatic heterocycles. The number of carbonyl (C=O) groups excluding carboxylic acids is 1. The molecule has 0 spiro atoms. The van der Waals surface area contributed by atoms with Gasteiger partial charge in [0, 0.05) is 12.4 Å². The molecule has 2 nitrogen and oxygen atoms in total. The zero-order valence-corrected chi connectivity index (χ0v) is 10.4. The van der Waals surface area contributed by atoms with Gasteiger partial charge in [0.15, 0.2) is 0 Å². The van der Waals surface area contributed by atoms with E-state index in [-0.39, 0.29) is 12.4 Å². The minimum absolute atomic E-state index is 0.0568. The first-order valence-electron chi connectivity index (χ1n) is 5.22. The number of rotatable bonds is 4. The van der Waals surface area contributed by atoms with Gasteiger partial charge in [-0.15, -0.1) is 11.6 Å². The fourth-order valence-electron chi connectivity index (χ4n) is 1.32. The van der Waals surface area contributed by atoms with Crippen molar-refractivity contribution in [3.8, 4) is 0 Å². The average molecular weight is 296 g/mol. The first-order valence-corrected chi connectivity index (χ1v) is 5.76. The maximum Gasteiger partial charge on any atom is 0.419 e. The number of benzene rings is 1. The van der Waals surface area contributed by atoms with E-state index in [2.05, 4.69) is 5.32 Å². The monoisotopic (exact) mass is 295 g/mol. The molecule has 0 aliphatic heterocycles. The van der Waals surface area contributed by atoms with Crippen LogP contribution in [0.3, 0.4) is 0 Å². The quantitative estimate of drug-likeness (QED) is 0.515. The number of halogens is 5. The minimum Gasteiger partial charge on any atom is -0.348 e. The molecule has 1 aromatic rings. The van der Waals surface area contributed by atoms with Gasteiger partial charge in [0.25, 0.3) is 5.91 Å². The molecule has 0 bridgehead atoms. The molecule has 0 heterocycles. The molecule has 0 saturated carbocycles. The summed E-state index contributed by atoms with van der Waals surface area (Å²) in [5.41, 5.74) is -2.11. The van der Waals surface area contributed by atoms with Crippen molar-refractivity contribution in [3.05, 3.63) is 47.3 Å². The van der Waals surface area contributed by atoms with E-state index in [9.17, 15) is 22.4 Å². The third kappa shape index (κ3) is 4.24. The third-order valence-electron chi connectivity index (χ3n) is 2.18. The lowest BCUT2D eigenvalue weighted by molar-refractivity contribution is -0.140. The highest BCUT2D eigenvalue weighted by atomic mass is 35.5. The van der Waals surface area contributed by atoms with Gasteiger partial charge >= 0.3 is 6.18 Å². The van der Waals surface area contributed by atoms with Gasteiger partial charge in [-0.3, -0.25) is 4.79 Å². The molecule has 0 saturated heterocycles. The Labute approximate surface area is 112 Å². The molecule has 0 fully saturated rings. The molecule has 1 aromatic carbocycles. The van der Waals surface area contributed by atoms with Crippen LogP contribution in [0.5, 0.6) is 0 Å². The zero-order valence-electron chi connectivity index (χ0n) is 9.60. The Morgan fingerprint density at radius 1 is 1.32 bits per heavy atom. The molecule has 1 amide bonds. The minimum atomic E-state index is -4.83. The van der Waals surface area contributed by atoms with Crippen LogP contribution in [0.25, 0.3) is 0 Å². The van der Waals surface area contributed by atoms with Crippen molar-refractivity contribution in [1.29, 1.82) is 0 Å². The topological polar surface area (TPSA) is 29.1 Å². The normalized spacial score (nSPS) is 11.8. The van der Waals surface area contributed by atoms with Gasteiger partial charge in [0.1, 0.15) is 5.82 Å². The number of nitrogens with one attached hydrogen (secondary N) is 1. The smallest absolute Gasteiger partial charge is 0.348 e. The summed E-state index contributed by atoms with van der Waals surface area (Å²) in [5, 5.41) is 2.26. The molecule has 1 N–H and O–H groups in total. The van der Waals surface area contributed by atoms with Gasteiger partial charge in [-0.1, -0.05) is 18.2 Å². The molecule has 0 aliphatic carbocycles. The van der Waals surface area contributed by atoms with Crippen molar-refractivity contribution in [2.45, 2.75) is 6.18 Å². The zero-order chi connectivity index (χ0) is 14.5. The fourth-order valence-corrected chi connectivity index (χ4v) is 1.45. The maximum absolute atomic E-state index is 13.6. The van der Waals surface area contributed by atoms with E-state index >= 15 is 0 Å².